The summed E-state index contributed by atoms with van der Waals surface area (Å²) in [5.74, 6) is -1.55. The van der Waals surface area contributed by atoms with Crippen LogP contribution in [0.15, 0.2) is 42.5 Å². The van der Waals surface area contributed by atoms with Crippen molar-refractivity contribution in [3.05, 3.63) is 54.1 Å². The maximum Gasteiger partial charge on any atom is 0.323 e. The van der Waals surface area contributed by atoms with Gasteiger partial charge in [0.05, 0.1) is 11.4 Å². The monoisotopic (exact) mass is 264 g/mol. The van der Waals surface area contributed by atoms with Crippen LogP contribution in [0, 0.1) is 11.6 Å². The van der Waals surface area contributed by atoms with Crippen molar-refractivity contribution < 1.29 is 18.7 Å². The van der Waals surface area contributed by atoms with E-state index in [1.807, 2.05) is 0 Å². The Bertz CT molecular complexity index is 617. The number of carbonyl (C=O) groups is 1. The summed E-state index contributed by atoms with van der Waals surface area (Å²) in [7, 11) is 0. The zero-order chi connectivity index (χ0) is 13.8. The van der Waals surface area contributed by atoms with Gasteiger partial charge in [-0.15, -0.1) is 0 Å². The molecule has 6 heteroatoms. The molecule has 0 spiro atoms. The number of phenols is 1. The highest BCUT2D eigenvalue weighted by atomic mass is 19.1. The predicted molar refractivity (Wildman–Crippen MR) is 67.1 cm³/mol. The van der Waals surface area contributed by atoms with E-state index in [9.17, 15) is 18.7 Å². The average molecular weight is 264 g/mol. The van der Waals surface area contributed by atoms with E-state index in [1.165, 1.54) is 12.1 Å². The SMILES string of the molecule is O=C(Nc1ccccc1O)Nc1cc(F)ccc1F. The van der Waals surface area contributed by atoms with Crippen molar-refractivity contribution in [3.63, 3.8) is 0 Å². The molecule has 2 aromatic carbocycles. The van der Waals surface area contributed by atoms with Gasteiger partial charge in [0.25, 0.3) is 0 Å². The van der Waals surface area contributed by atoms with Crippen LogP contribution in [0.5, 0.6) is 5.75 Å². The van der Waals surface area contributed by atoms with E-state index >= 15 is 0 Å². The van der Waals surface area contributed by atoms with Crippen molar-refractivity contribution in [2.24, 2.45) is 0 Å². The fourth-order valence-corrected chi connectivity index (χ4v) is 1.45. The topological polar surface area (TPSA) is 61.4 Å². The fraction of sp³-hybridized carbons (Fsp3) is 0. The summed E-state index contributed by atoms with van der Waals surface area (Å²) in [6, 6.07) is 7.98. The maximum absolute atomic E-state index is 13.3. The molecule has 0 unspecified atom stereocenters. The van der Waals surface area contributed by atoms with E-state index in [0.29, 0.717) is 0 Å². The largest absolute Gasteiger partial charge is 0.506 e. The van der Waals surface area contributed by atoms with Crippen molar-refractivity contribution in [1.82, 2.24) is 0 Å². The number of benzene rings is 2. The summed E-state index contributed by atoms with van der Waals surface area (Å²) in [5, 5.41) is 13.9. The Kier molecular flexibility index (Phi) is 3.61. The number of para-hydroxylation sites is 2. The summed E-state index contributed by atoms with van der Waals surface area (Å²) < 4.78 is 26.2. The van der Waals surface area contributed by atoms with Crippen molar-refractivity contribution in [2.75, 3.05) is 10.6 Å². The first-order chi connectivity index (χ1) is 9.06. The molecule has 4 nitrogen and oxygen atoms in total. The van der Waals surface area contributed by atoms with Crippen LogP contribution in [0.1, 0.15) is 0 Å². The van der Waals surface area contributed by atoms with Gasteiger partial charge >= 0.3 is 6.03 Å². The maximum atomic E-state index is 13.3. The lowest BCUT2D eigenvalue weighted by Gasteiger charge is -2.09. The summed E-state index contributed by atoms with van der Waals surface area (Å²) >= 11 is 0. The number of nitrogens with one attached hydrogen (secondary N) is 2. The molecule has 98 valence electrons. The lowest BCUT2D eigenvalue weighted by molar-refractivity contribution is 0.262. The number of phenolic OH excluding ortho intramolecular Hbond substituents is 1. The molecule has 0 aromatic heterocycles. The quantitative estimate of drug-likeness (QED) is 0.729. The summed E-state index contributed by atoms with van der Waals surface area (Å²) in [4.78, 5) is 11.6. The first-order valence-electron chi connectivity index (χ1n) is 5.37. The van der Waals surface area contributed by atoms with Crippen LogP contribution in [0.3, 0.4) is 0 Å². The number of rotatable bonds is 2. The molecule has 0 aliphatic carbocycles. The van der Waals surface area contributed by atoms with Crippen LogP contribution in [-0.4, -0.2) is 11.1 Å². The van der Waals surface area contributed by atoms with Crippen LogP contribution < -0.4 is 10.6 Å². The molecule has 0 atom stereocenters. The zero-order valence-electron chi connectivity index (χ0n) is 9.65. The molecular weight excluding hydrogens is 254 g/mol. The Hall–Kier alpha value is -2.63. The molecule has 3 N–H and O–H groups in total. The molecule has 19 heavy (non-hydrogen) atoms. The Labute approximate surface area is 107 Å². The van der Waals surface area contributed by atoms with E-state index in [-0.39, 0.29) is 17.1 Å². The first-order valence-corrected chi connectivity index (χ1v) is 5.37. The Morgan fingerprint density at radius 1 is 1.00 bits per heavy atom. The van der Waals surface area contributed by atoms with Gasteiger partial charge in [0.15, 0.2) is 0 Å². The third-order valence-electron chi connectivity index (χ3n) is 2.33. The molecule has 0 aliphatic rings. The van der Waals surface area contributed by atoms with Gasteiger partial charge in [-0.25, -0.2) is 13.6 Å². The van der Waals surface area contributed by atoms with Crippen molar-refractivity contribution in [3.8, 4) is 5.75 Å². The van der Waals surface area contributed by atoms with E-state index in [4.69, 9.17) is 0 Å². The zero-order valence-corrected chi connectivity index (χ0v) is 9.65. The minimum atomic E-state index is -0.786. The molecule has 0 bridgehead atoms. The number of halogens is 2. The van der Waals surface area contributed by atoms with Crippen molar-refractivity contribution in [2.45, 2.75) is 0 Å². The van der Waals surface area contributed by atoms with Gasteiger partial charge < -0.3 is 15.7 Å². The Balaban J connectivity index is 2.10. The number of urea groups is 1. The third kappa shape index (κ3) is 3.19. The normalized spacial score (nSPS) is 10.0. The second-order valence-corrected chi connectivity index (χ2v) is 3.72. The molecule has 0 heterocycles. The lowest BCUT2D eigenvalue weighted by Crippen LogP contribution is -2.20. The smallest absolute Gasteiger partial charge is 0.323 e. The molecule has 0 saturated heterocycles. The van der Waals surface area contributed by atoms with E-state index < -0.39 is 17.7 Å². The van der Waals surface area contributed by atoms with Crippen LogP contribution in [0.2, 0.25) is 0 Å². The minimum Gasteiger partial charge on any atom is -0.506 e. The number of hydrogen-bond donors (Lipinski definition) is 3. The molecule has 0 radical (unpaired) electrons. The number of anilines is 2. The van der Waals surface area contributed by atoms with E-state index in [2.05, 4.69) is 10.6 Å². The van der Waals surface area contributed by atoms with E-state index in [0.717, 1.165) is 18.2 Å². The van der Waals surface area contributed by atoms with Gasteiger partial charge in [0.1, 0.15) is 17.4 Å². The number of hydrogen-bond acceptors (Lipinski definition) is 2. The standard InChI is InChI=1S/C13H10F2N2O2/c14-8-5-6-9(15)11(7-8)17-13(19)16-10-3-1-2-4-12(10)18/h1-7,18H,(H2,16,17,19). The molecule has 2 amide bonds. The van der Waals surface area contributed by atoms with Crippen LogP contribution in [-0.2, 0) is 0 Å². The molecule has 0 aliphatic heterocycles. The predicted octanol–water partition coefficient (Wildman–Crippen LogP) is 3.31. The lowest BCUT2D eigenvalue weighted by atomic mass is 10.3. The van der Waals surface area contributed by atoms with Gasteiger partial charge in [-0.3, -0.25) is 0 Å². The second kappa shape index (κ2) is 5.34. The highest BCUT2D eigenvalue weighted by molar-refractivity contribution is 6.00. The number of carbonyl (C=O) groups excluding carboxylic acids is 1. The van der Waals surface area contributed by atoms with Crippen LogP contribution in [0.4, 0.5) is 25.0 Å². The van der Waals surface area contributed by atoms with Crippen molar-refractivity contribution >= 4 is 17.4 Å². The summed E-state index contributed by atoms with van der Waals surface area (Å²) in [6.45, 7) is 0. The summed E-state index contributed by atoms with van der Waals surface area (Å²) in [6.07, 6.45) is 0. The summed E-state index contributed by atoms with van der Waals surface area (Å²) in [5.41, 5.74) is -0.121. The minimum absolute atomic E-state index is 0.127. The van der Waals surface area contributed by atoms with E-state index in [1.54, 1.807) is 12.1 Å². The Morgan fingerprint density at radius 3 is 2.42 bits per heavy atom. The van der Waals surface area contributed by atoms with Crippen LogP contribution in [0.25, 0.3) is 0 Å². The Morgan fingerprint density at radius 2 is 1.68 bits per heavy atom. The number of aromatic hydroxyl groups is 1. The second-order valence-electron chi connectivity index (χ2n) is 3.72. The van der Waals surface area contributed by atoms with Crippen LogP contribution >= 0.6 is 0 Å². The van der Waals surface area contributed by atoms with Gasteiger partial charge in [0, 0.05) is 6.07 Å². The fourth-order valence-electron chi connectivity index (χ4n) is 1.45. The van der Waals surface area contributed by atoms with Crippen molar-refractivity contribution in [1.29, 1.82) is 0 Å². The van der Waals surface area contributed by atoms with Gasteiger partial charge in [-0.1, -0.05) is 12.1 Å². The van der Waals surface area contributed by atoms with Gasteiger partial charge in [-0.05, 0) is 24.3 Å². The molecule has 0 saturated carbocycles. The van der Waals surface area contributed by atoms with Gasteiger partial charge in [-0.2, -0.15) is 0 Å². The molecule has 0 fully saturated rings. The molecular formula is C13H10F2N2O2. The third-order valence-corrected chi connectivity index (χ3v) is 2.33. The molecule has 2 aromatic rings. The highest BCUT2D eigenvalue weighted by Gasteiger charge is 2.09. The highest BCUT2D eigenvalue weighted by Crippen LogP contribution is 2.22. The molecule has 2 rings (SSSR count). The average Bonchev–Trinajstić information content (AvgIpc) is 2.37. The van der Waals surface area contributed by atoms with Gasteiger partial charge in [0.2, 0.25) is 0 Å². The number of amides is 2. The first kappa shape index (κ1) is 12.8.